The van der Waals surface area contributed by atoms with Crippen LogP contribution in [-0.2, 0) is 0 Å². The second-order valence-electron chi connectivity index (χ2n) is 2.77. The van der Waals surface area contributed by atoms with E-state index in [2.05, 4.69) is 9.69 Å². The molecular weight excluding hydrogens is 204 g/mol. The number of rotatable bonds is 2. The first kappa shape index (κ1) is 10.5. The topological polar surface area (TPSA) is 88.3 Å². The van der Waals surface area contributed by atoms with Gasteiger partial charge in [0.2, 0.25) is 0 Å². The molecule has 1 rings (SSSR count). The molecule has 0 atom stereocenters. The first-order valence-corrected chi connectivity index (χ1v) is 4.58. The summed E-state index contributed by atoms with van der Waals surface area (Å²) in [6.07, 6.45) is 0. The molecule has 76 valence electrons. The summed E-state index contributed by atoms with van der Waals surface area (Å²) in [6, 6.07) is -0.349. The summed E-state index contributed by atoms with van der Waals surface area (Å²) in [6.45, 7) is 0. The number of carbonyl (C=O) groups excluding carboxylic acids is 2. The molecule has 0 fully saturated rings. The molecule has 3 N–H and O–H groups in total. The molecule has 1 heterocycles. The van der Waals surface area contributed by atoms with Crippen molar-refractivity contribution in [3.63, 3.8) is 0 Å². The quantitative estimate of drug-likeness (QED) is 0.743. The van der Waals surface area contributed by atoms with Crippen molar-refractivity contribution >= 4 is 29.3 Å². The molecule has 14 heavy (non-hydrogen) atoms. The fraction of sp³-hybridized carbons (Fsp3) is 0.286. The van der Waals surface area contributed by atoms with Gasteiger partial charge in [-0.2, -0.15) is 4.37 Å². The van der Waals surface area contributed by atoms with Crippen LogP contribution in [-0.4, -0.2) is 35.3 Å². The third-order valence-electron chi connectivity index (χ3n) is 1.47. The van der Waals surface area contributed by atoms with Crippen LogP contribution >= 0.6 is 11.5 Å². The number of carbonyl (C=O) groups is 2. The summed E-state index contributed by atoms with van der Waals surface area (Å²) in [4.78, 5) is 23.4. The average molecular weight is 214 g/mol. The van der Waals surface area contributed by atoms with Crippen molar-refractivity contribution in [1.82, 2.24) is 9.27 Å². The summed E-state index contributed by atoms with van der Waals surface area (Å²) >= 11 is 1.06. The Morgan fingerprint density at radius 1 is 1.57 bits per heavy atom. The molecule has 0 aliphatic carbocycles. The minimum atomic E-state index is -0.604. The third kappa shape index (κ3) is 2.19. The van der Waals surface area contributed by atoms with E-state index < -0.39 is 5.91 Å². The van der Waals surface area contributed by atoms with E-state index in [1.165, 1.54) is 10.3 Å². The molecule has 0 saturated carbocycles. The lowest BCUT2D eigenvalue weighted by molar-refractivity contribution is 0.100. The van der Waals surface area contributed by atoms with Crippen LogP contribution in [0.3, 0.4) is 0 Å². The van der Waals surface area contributed by atoms with Gasteiger partial charge < -0.3 is 10.6 Å². The zero-order chi connectivity index (χ0) is 10.7. The molecule has 0 aliphatic rings. The van der Waals surface area contributed by atoms with Crippen LogP contribution in [0.2, 0.25) is 0 Å². The predicted octanol–water partition coefficient (Wildman–Crippen LogP) is 0.336. The van der Waals surface area contributed by atoms with Gasteiger partial charge in [0.1, 0.15) is 0 Å². The fourth-order valence-electron chi connectivity index (χ4n) is 0.715. The lowest BCUT2D eigenvalue weighted by Gasteiger charge is -2.10. The molecule has 0 spiro atoms. The number of aromatic nitrogens is 1. The number of nitrogens with one attached hydrogen (secondary N) is 1. The highest BCUT2D eigenvalue weighted by atomic mass is 32.1. The Labute approximate surface area is 84.9 Å². The molecule has 3 amide bonds. The first-order valence-electron chi connectivity index (χ1n) is 3.75. The van der Waals surface area contributed by atoms with Crippen LogP contribution in [0.4, 0.5) is 10.6 Å². The van der Waals surface area contributed by atoms with Gasteiger partial charge in [-0.25, -0.2) is 4.79 Å². The lowest BCUT2D eigenvalue weighted by Crippen LogP contribution is -2.28. The Morgan fingerprint density at radius 2 is 2.21 bits per heavy atom. The smallest absolute Gasteiger partial charge is 0.322 e. The largest absolute Gasteiger partial charge is 0.365 e. The summed E-state index contributed by atoms with van der Waals surface area (Å²) in [5.41, 5.74) is 5.30. The van der Waals surface area contributed by atoms with Gasteiger partial charge in [0.25, 0.3) is 5.91 Å². The molecular formula is C7H10N4O2S. The molecule has 7 heteroatoms. The summed E-state index contributed by atoms with van der Waals surface area (Å²) in [5, 5.41) is 3.95. The van der Waals surface area contributed by atoms with Crippen LogP contribution in [0.1, 0.15) is 10.4 Å². The number of hydrogen-bond donors (Lipinski definition) is 2. The number of nitrogens with zero attached hydrogens (tertiary/aromatic N) is 2. The van der Waals surface area contributed by atoms with Gasteiger partial charge in [-0.1, -0.05) is 0 Å². The monoisotopic (exact) mass is 214 g/mol. The molecule has 1 aromatic heterocycles. The van der Waals surface area contributed by atoms with Gasteiger partial charge in [0, 0.05) is 19.5 Å². The highest BCUT2D eigenvalue weighted by molar-refractivity contribution is 7.04. The number of primary amides is 1. The maximum atomic E-state index is 11.2. The maximum absolute atomic E-state index is 11.2. The first-order chi connectivity index (χ1) is 6.52. The van der Waals surface area contributed by atoms with Crippen molar-refractivity contribution in [2.75, 3.05) is 19.4 Å². The van der Waals surface area contributed by atoms with Gasteiger partial charge in [-0.3, -0.25) is 10.1 Å². The molecule has 0 aliphatic heterocycles. The Kier molecular flexibility index (Phi) is 3.03. The molecule has 0 radical (unpaired) electrons. The summed E-state index contributed by atoms with van der Waals surface area (Å²) in [5.74, 6) is -0.394. The molecule has 0 saturated heterocycles. The van der Waals surface area contributed by atoms with Crippen LogP contribution < -0.4 is 11.1 Å². The zero-order valence-corrected chi connectivity index (χ0v) is 8.59. The van der Waals surface area contributed by atoms with Gasteiger partial charge in [0.15, 0.2) is 5.82 Å². The Hall–Kier alpha value is -1.63. The molecule has 6 nitrogen and oxygen atoms in total. The van der Waals surface area contributed by atoms with Crippen LogP contribution in [0.25, 0.3) is 0 Å². The van der Waals surface area contributed by atoms with Crippen molar-refractivity contribution in [1.29, 1.82) is 0 Å². The highest BCUT2D eigenvalue weighted by Crippen LogP contribution is 2.15. The summed E-state index contributed by atoms with van der Waals surface area (Å²) in [7, 11) is 3.18. The maximum Gasteiger partial charge on any atom is 0.322 e. The van der Waals surface area contributed by atoms with Gasteiger partial charge in [0.05, 0.1) is 5.56 Å². The third-order valence-corrected chi connectivity index (χ3v) is 2.10. The van der Waals surface area contributed by atoms with Crippen molar-refractivity contribution in [3.05, 3.63) is 10.9 Å². The van der Waals surface area contributed by atoms with Gasteiger partial charge in [-0.05, 0) is 11.5 Å². The van der Waals surface area contributed by atoms with Crippen LogP contribution in [0, 0.1) is 0 Å². The number of anilines is 1. The van der Waals surface area contributed by atoms with Crippen molar-refractivity contribution in [3.8, 4) is 0 Å². The van der Waals surface area contributed by atoms with Crippen molar-refractivity contribution in [2.45, 2.75) is 0 Å². The van der Waals surface area contributed by atoms with E-state index in [-0.39, 0.29) is 17.4 Å². The Morgan fingerprint density at radius 3 is 2.71 bits per heavy atom. The van der Waals surface area contributed by atoms with E-state index in [4.69, 9.17) is 5.73 Å². The molecule has 1 aromatic rings. The highest BCUT2D eigenvalue weighted by Gasteiger charge is 2.14. The van der Waals surface area contributed by atoms with Crippen LogP contribution in [0.5, 0.6) is 0 Å². The van der Waals surface area contributed by atoms with Crippen LogP contribution in [0.15, 0.2) is 5.38 Å². The number of hydrogen-bond acceptors (Lipinski definition) is 4. The number of amides is 3. The predicted molar refractivity (Wildman–Crippen MR) is 53.3 cm³/mol. The van der Waals surface area contributed by atoms with Crippen molar-refractivity contribution < 1.29 is 9.59 Å². The SMILES string of the molecule is CN(C)C(=O)Nc1nscc1C(N)=O. The van der Waals surface area contributed by atoms with E-state index in [0.717, 1.165) is 11.5 Å². The fourth-order valence-corrected chi connectivity index (χ4v) is 1.35. The van der Waals surface area contributed by atoms with E-state index in [1.807, 2.05) is 0 Å². The molecule has 0 unspecified atom stereocenters. The van der Waals surface area contributed by atoms with E-state index in [1.54, 1.807) is 14.1 Å². The normalized spacial score (nSPS) is 9.57. The Balaban J connectivity index is 2.82. The van der Waals surface area contributed by atoms with Gasteiger partial charge in [-0.15, -0.1) is 0 Å². The summed E-state index contributed by atoms with van der Waals surface area (Å²) < 4.78 is 3.84. The number of urea groups is 1. The van der Waals surface area contributed by atoms with E-state index >= 15 is 0 Å². The Bertz CT molecular complexity index is 360. The molecule has 0 aromatic carbocycles. The van der Waals surface area contributed by atoms with Crippen molar-refractivity contribution in [2.24, 2.45) is 5.73 Å². The standard InChI is InChI=1S/C7H10N4O2S/c1-11(2)7(13)9-6-4(5(8)12)3-14-10-6/h3H,1-2H3,(H2,8,12)(H,9,10,13). The van der Waals surface area contributed by atoms with Gasteiger partial charge >= 0.3 is 6.03 Å². The minimum Gasteiger partial charge on any atom is -0.365 e. The number of nitrogens with two attached hydrogens (primary N) is 1. The van der Waals surface area contributed by atoms with E-state index in [9.17, 15) is 9.59 Å². The second-order valence-corrected chi connectivity index (χ2v) is 3.39. The minimum absolute atomic E-state index is 0.209. The second kappa shape index (κ2) is 4.05. The molecule has 0 bridgehead atoms. The van der Waals surface area contributed by atoms with E-state index in [0.29, 0.717) is 0 Å². The lowest BCUT2D eigenvalue weighted by atomic mass is 10.3. The average Bonchev–Trinajstić information content (AvgIpc) is 2.52. The zero-order valence-electron chi connectivity index (χ0n) is 7.77.